The lowest BCUT2D eigenvalue weighted by molar-refractivity contribution is 0.597. The van der Waals surface area contributed by atoms with E-state index in [1.165, 1.54) is 6.07 Å². The summed E-state index contributed by atoms with van der Waals surface area (Å²) in [4.78, 5) is 8.68. The largest absolute Gasteiger partial charge is 0.367 e. The molecule has 2 aromatic rings. The SMILES string of the molecule is NCc1ccc(N2CCN(c3ccccc3F)CC2)cn1. The highest BCUT2D eigenvalue weighted by molar-refractivity contribution is 5.51. The maximum atomic E-state index is 13.8. The number of nitrogens with two attached hydrogens (primary N) is 1. The molecule has 2 heterocycles. The van der Waals surface area contributed by atoms with Gasteiger partial charge in [0.15, 0.2) is 0 Å². The number of halogens is 1. The average molecular weight is 286 g/mol. The minimum Gasteiger partial charge on any atom is -0.367 e. The lowest BCUT2D eigenvalue weighted by Crippen LogP contribution is -2.46. The van der Waals surface area contributed by atoms with Crippen molar-refractivity contribution in [3.8, 4) is 0 Å². The molecule has 1 aliphatic heterocycles. The van der Waals surface area contributed by atoms with E-state index >= 15 is 0 Å². The first kappa shape index (κ1) is 13.8. The van der Waals surface area contributed by atoms with Crippen LogP contribution in [-0.4, -0.2) is 31.2 Å². The molecule has 5 heteroatoms. The zero-order chi connectivity index (χ0) is 14.7. The Morgan fingerprint density at radius 1 is 1.00 bits per heavy atom. The Bertz CT molecular complexity index is 591. The van der Waals surface area contributed by atoms with Crippen LogP contribution in [0.25, 0.3) is 0 Å². The molecule has 1 aliphatic rings. The van der Waals surface area contributed by atoms with Crippen LogP contribution in [0.4, 0.5) is 15.8 Å². The molecule has 2 N–H and O–H groups in total. The Hall–Kier alpha value is -2.14. The van der Waals surface area contributed by atoms with Gasteiger partial charge in [-0.3, -0.25) is 4.98 Å². The van der Waals surface area contributed by atoms with Crippen molar-refractivity contribution in [3.63, 3.8) is 0 Å². The first-order valence-corrected chi connectivity index (χ1v) is 7.17. The van der Waals surface area contributed by atoms with Crippen LogP contribution in [0.15, 0.2) is 42.6 Å². The summed E-state index contributed by atoms with van der Waals surface area (Å²) in [6, 6.07) is 11.0. The number of hydrogen-bond donors (Lipinski definition) is 1. The van der Waals surface area contributed by atoms with Crippen molar-refractivity contribution in [2.24, 2.45) is 5.73 Å². The van der Waals surface area contributed by atoms with Crippen molar-refractivity contribution in [1.82, 2.24) is 4.98 Å². The second-order valence-electron chi connectivity index (χ2n) is 5.14. The summed E-state index contributed by atoms with van der Waals surface area (Å²) in [6.45, 7) is 3.79. The molecule has 0 radical (unpaired) electrons. The highest BCUT2D eigenvalue weighted by Gasteiger charge is 2.19. The van der Waals surface area contributed by atoms with Crippen LogP contribution in [0.1, 0.15) is 5.69 Å². The van der Waals surface area contributed by atoms with Crippen LogP contribution in [0.3, 0.4) is 0 Å². The van der Waals surface area contributed by atoms with Crippen molar-refractivity contribution < 1.29 is 4.39 Å². The lowest BCUT2D eigenvalue weighted by Gasteiger charge is -2.37. The van der Waals surface area contributed by atoms with E-state index in [9.17, 15) is 4.39 Å². The number of pyridine rings is 1. The number of anilines is 2. The van der Waals surface area contributed by atoms with E-state index < -0.39 is 0 Å². The van der Waals surface area contributed by atoms with Crippen molar-refractivity contribution in [1.29, 1.82) is 0 Å². The maximum Gasteiger partial charge on any atom is 0.146 e. The summed E-state index contributed by atoms with van der Waals surface area (Å²) in [7, 11) is 0. The van der Waals surface area contributed by atoms with Gasteiger partial charge in [-0.25, -0.2) is 4.39 Å². The van der Waals surface area contributed by atoms with Gasteiger partial charge >= 0.3 is 0 Å². The quantitative estimate of drug-likeness (QED) is 0.937. The second-order valence-corrected chi connectivity index (χ2v) is 5.14. The van der Waals surface area contributed by atoms with Crippen molar-refractivity contribution in [2.75, 3.05) is 36.0 Å². The minimum atomic E-state index is -0.153. The molecule has 0 bridgehead atoms. The summed E-state index contributed by atoms with van der Waals surface area (Å²) < 4.78 is 13.8. The van der Waals surface area contributed by atoms with Crippen LogP contribution in [0, 0.1) is 5.82 Å². The number of benzene rings is 1. The Kier molecular flexibility index (Phi) is 4.01. The van der Waals surface area contributed by atoms with Gasteiger partial charge in [-0.15, -0.1) is 0 Å². The molecule has 3 rings (SSSR count). The number of aromatic nitrogens is 1. The Morgan fingerprint density at radius 2 is 1.71 bits per heavy atom. The third kappa shape index (κ3) is 2.97. The molecule has 0 saturated carbocycles. The van der Waals surface area contributed by atoms with Crippen molar-refractivity contribution in [3.05, 3.63) is 54.1 Å². The third-order valence-electron chi connectivity index (χ3n) is 3.86. The molecule has 0 aliphatic carbocycles. The smallest absolute Gasteiger partial charge is 0.146 e. The van der Waals surface area contributed by atoms with Crippen molar-refractivity contribution >= 4 is 11.4 Å². The predicted octanol–water partition coefficient (Wildman–Crippen LogP) is 2.01. The number of para-hydroxylation sites is 1. The molecular weight excluding hydrogens is 267 g/mol. The van der Waals surface area contributed by atoms with Gasteiger partial charge in [-0.05, 0) is 24.3 Å². The van der Waals surface area contributed by atoms with Gasteiger partial charge in [-0.2, -0.15) is 0 Å². The van der Waals surface area contributed by atoms with E-state index in [4.69, 9.17) is 5.73 Å². The molecule has 1 aromatic heterocycles. The molecule has 4 nitrogen and oxygen atoms in total. The Labute approximate surface area is 124 Å². The van der Waals surface area contributed by atoms with E-state index in [1.807, 2.05) is 30.5 Å². The lowest BCUT2D eigenvalue weighted by atomic mass is 10.2. The summed E-state index contributed by atoms with van der Waals surface area (Å²) >= 11 is 0. The van der Waals surface area contributed by atoms with Crippen molar-refractivity contribution in [2.45, 2.75) is 6.54 Å². The standard InChI is InChI=1S/C16H19FN4/c17-15-3-1-2-4-16(15)21-9-7-20(8-10-21)14-6-5-13(11-18)19-12-14/h1-6,12H,7-11,18H2. The van der Waals surface area contributed by atoms with E-state index in [0.29, 0.717) is 12.2 Å². The monoisotopic (exact) mass is 286 g/mol. The molecule has 1 fully saturated rings. The summed E-state index contributed by atoms with van der Waals surface area (Å²) in [6.07, 6.45) is 1.86. The predicted molar refractivity (Wildman–Crippen MR) is 83.0 cm³/mol. The van der Waals surface area contributed by atoms with E-state index in [-0.39, 0.29) is 5.82 Å². The average Bonchev–Trinajstić information content (AvgIpc) is 2.56. The number of nitrogens with zero attached hydrogens (tertiary/aromatic N) is 3. The van der Waals surface area contributed by atoms with Gasteiger partial charge in [0.2, 0.25) is 0 Å². The Balaban J connectivity index is 1.66. The van der Waals surface area contributed by atoms with Gasteiger partial charge in [0, 0.05) is 32.7 Å². The molecule has 110 valence electrons. The fourth-order valence-corrected chi connectivity index (χ4v) is 2.64. The highest BCUT2D eigenvalue weighted by atomic mass is 19.1. The maximum absolute atomic E-state index is 13.8. The van der Waals surface area contributed by atoms with Gasteiger partial charge in [0.1, 0.15) is 5.82 Å². The zero-order valence-corrected chi connectivity index (χ0v) is 11.9. The normalized spacial score (nSPS) is 15.3. The molecule has 0 spiro atoms. The molecule has 0 unspecified atom stereocenters. The topological polar surface area (TPSA) is 45.4 Å². The van der Waals surface area contributed by atoms with Crippen LogP contribution in [-0.2, 0) is 6.54 Å². The van der Waals surface area contributed by atoms with Crippen LogP contribution < -0.4 is 15.5 Å². The fraction of sp³-hybridized carbons (Fsp3) is 0.312. The van der Waals surface area contributed by atoms with Gasteiger partial charge < -0.3 is 15.5 Å². The number of piperazine rings is 1. The van der Waals surface area contributed by atoms with E-state index in [2.05, 4.69) is 14.8 Å². The molecule has 1 aromatic carbocycles. The molecule has 21 heavy (non-hydrogen) atoms. The molecular formula is C16H19FN4. The van der Waals surface area contributed by atoms with Gasteiger partial charge in [-0.1, -0.05) is 12.1 Å². The third-order valence-corrected chi connectivity index (χ3v) is 3.86. The van der Waals surface area contributed by atoms with E-state index in [0.717, 1.165) is 37.6 Å². The second kappa shape index (κ2) is 6.10. The highest BCUT2D eigenvalue weighted by Crippen LogP contribution is 2.22. The van der Waals surface area contributed by atoms with Crippen LogP contribution in [0.2, 0.25) is 0 Å². The zero-order valence-electron chi connectivity index (χ0n) is 11.9. The van der Waals surface area contributed by atoms with E-state index in [1.54, 1.807) is 6.07 Å². The van der Waals surface area contributed by atoms with Crippen LogP contribution in [0.5, 0.6) is 0 Å². The molecule has 1 saturated heterocycles. The number of rotatable bonds is 3. The minimum absolute atomic E-state index is 0.153. The number of hydrogen-bond acceptors (Lipinski definition) is 4. The first-order chi connectivity index (χ1) is 10.3. The molecule has 0 amide bonds. The summed E-state index contributed by atoms with van der Waals surface area (Å²) in [5.41, 5.74) is 8.24. The summed E-state index contributed by atoms with van der Waals surface area (Å²) in [5.74, 6) is -0.153. The van der Waals surface area contributed by atoms with Gasteiger partial charge in [0.25, 0.3) is 0 Å². The Morgan fingerprint density at radius 3 is 2.33 bits per heavy atom. The van der Waals surface area contributed by atoms with Crippen LogP contribution >= 0.6 is 0 Å². The molecule has 0 atom stereocenters. The summed E-state index contributed by atoms with van der Waals surface area (Å²) in [5, 5.41) is 0. The van der Waals surface area contributed by atoms with Gasteiger partial charge in [0.05, 0.1) is 23.3 Å². The first-order valence-electron chi connectivity index (χ1n) is 7.17. The fourth-order valence-electron chi connectivity index (χ4n) is 2.64.